The molecule has 20 heavy (non-hydrogen) atoms. The molecule has 1 rings (SSSR count). The van der Waals surface area contributed by atoms with Gasteiger partial charge in [0.1, 0.15) is 5.75 Å². The number of likely N-dealkylation sites (N-methyl/N-ethyl adjacent to an activating group) is 1. The number of hydrogen-bond donors (Lipinski definition) is 1. The monoisotopic (exact) mass is 406 g/mol. The minimum absolute atomic E-state index is 0.0119. The van der Waals surface area contributed by atoms with E-state index in [-0.39, 0.29) is 18.6 Å². The van der Waals surface area contributed by atoms with Gasteiger partial charge in [0, 0.05) is 20.1 Å². The maximum atomic E-state index is 11.5. The van der Waals surface area contributed by atoms with Crippen molar-refractivity contribution < 1.29 is 9.53 Å². The molecule has 2 N–H and O–H groups in total. The molecule has 1 aromatic carbocycles. The van der Waals surface area contributed by atoms with Crippen LogP contribution in [0.3, 0.4) is 0 Å². The highest BCUT2D eigenvalue weighted by molar-refractivity contribution is 9.11. The van der Waals surface area contributed by atoms with E-state index in [2.05, 4.69) is 38.8 Å². The molecule has 0 heterocycles. The minimum Gasteiger partial charge on any atom is -0.481 e. The molecule has 0 aromatic heterocycles. The van der Waals surface area contributed by atoms with Crippen LogP contribution in [-0.4, -0.2) is 37.6 Å². The first-order valence-electron chi connectivity index (χ1n) is 6.41. The second kappa shape index (κ2) is 8.00. The number of nitrogens with two attached hydrogens (primary N) is 1. The summed E-state index contributed by atoms with van der Waals surface area (Å²) < 4.78 is 7.19. The van der Waals surface area contributed by atoms with Crippen LogP contribution in [0.4, 0.5) is 0 Å². The molecule has 0 saturated carbocycles. The number of benzene rings is 1. The third kappa shape index (κ3) is 5.07. The largest absolute Gasteiger partial charge is 0.481 e. The van der Waals surface area contributed by atoms with E-state index in [4.69, 9.17) is 10.5 Å². The summed E-state index contributed by atoms with van der Waals surface area (Å²) in [5, 5.41) is 0. The fourth-order valence-corrected chi connectivity index (χ4v) is 3.09. The molecule has 0 aliphatic heterocycles. The highest BCUT2D eigenvalue weighted by Gasteiger charge is 2.13. The van der Waals surface area contributed by atoms with Gasteiger partial charge in [0.2, 0.25) is 0 Å². The number of ether oxygens (including phenoxy) is 1. The van der Waals surface area contributed by atoms with Gasteiger partial charge in [0.05, 0.1) is 8.95 Å². The molecule has 4 nitrogen and oxygen atoms in total. The van der Waals surface area contributed by atoms with Crippen molar-refractivity contribution in [1.29, 1.82) is 0 Å². The van der Waals surface area contributed by atoms with Gasteiger partial charge in [-0.15, -0.1) is 0 Å². The van der Waals surface area contributed by atoms with Gasteiger partial charge in [-0.05, 0) is 62.4 Å². The lowest BCUT2D eigenvalue weighted by Gasteiger charge is -2.15. The van der Waals surface area contributed by atoms with Crippen LogP contribution >= 0.6 is 31.9 Å². The van der Waals surface area contributed by atoms with Crippen molar-refractivity contribution in [3.63, 3.8) is 0 Å². The van der Waals surface area contributed by atoms with Gasteiger partial charge in [-0.2, -0.15) is 0 Å². The molecular weight excluding hydrogens is 388 g/mol. The number of amides is 1. The number of carbonyl (C=O) groups excluding carboxylic acids is 1. The molecule has 0 fully saturated rings. The molecule has 6 heteroatoms. The second-order valence-electron chi connectivity index (χ2n) is 4.84. The third-order valence-corrected chi connectivity index (χ3v) is 4.10. The lowest BCUT2D eigenvalue weighted by molar-refractivity contribution is -0.130. The number of halogens is 2. The molecule has 0 saturated heterocycles. The summed E-state index contributed by atoms with van der Waals surface area (Å²) >= 11 is 6.95. The summed E-state index contributed by atoms with van der Waals surface area (Å²) in [6, 6.07) is 4.11. The molecule has 0 aliphatic rings. The van der Waals surface area contributed by atoms with Crippen molar-refractivity contribution in [2.24, 2.45) is 5.73 Å². The Hall–Kier alpha value is -0.590. The Balaban J connectivity index is 2.81. The average molecular weight is 408 g/mol. The zero-order valence-electron chi connectivity index (χ0n) is 12.0. The summed E-state index contributed by atoms with van der Waals surface area (Å²) in [4.78, 5) is 13.0. The van der Waals surface area contributed by atoms with E-state index < -0.39 is 0 Å². The van der Waals surface area contributed by atoms with Crippen molar-refractivity contribution in [3.05, 3.63) is 26.6 Å². The van der Waals surface area contributed by atoms with E-state index in [0.29, 0.717) is 5.75 Å². The standard InChI is InChI=1S/C14H20Br2N2O2/c1-4-10(17)5-9-6-11(15)14(12(16)7-9)20-8-13(19)18(2)3/h6-7,10H,4-5,8,17H2,1-3H3. The lowest BCUT2D eigenvalue weighted by Crippen LogP contribution is -2.27. The first-order chi connectivity index (χ1) is 9.35. The van der Waals surface area contributed by atoms with E-state index in [0.717, 1.165) is 27.4 Å². The molecule has 1 atom stereocenters. The predicted octanol–water partition coefficient (Wildman–Crippen LogP) is 2.96. The van der Waals surface area contributed by atoms with Gasteiger partial charge >= 0.3 is 0 Å². The van der Waals surface area contributed by atoms with Gasteiger partial charge in [0.25, 0.3) is 5.91 Å². The Morgan fingerprint density at radius 2 is 1.90 bits per heavy atom. The van der Waals surface area contributed by atoms with Crippen LogP contribution < -0.4 is 10.5 Å². The summed E-state index contributed by atoms with van der Waals surface area (Å²) in [6.45, 7) is 2.08. The molecule has 1 unspecified atom stereocenters. The van der Waals surface area contributed by atoms with Crippen LogP contribution in [0.25, 0.3) is 0 Å². The zero-order valence-corrected chi connectivity index (χ0v) is 15.1. The molecule has 112 valence electrons. The number of carbonyl (C=O) groups is 1. The first kappa shape index (κ1) is 17.5. The number of hydrogen-bond acceptors (Lipinski definition) is 3. The normalized spacial score (nSPS) is 12.1. The highest BCUT2D eigenvalue weighted by Crippen LogP contribution is 2.35. The minimum atomic E-state index is -0.0825. The quantitative estimate of drug-likeness (QED) is 0.788. The van der Waals surface area contributed by atoms with Crippen LogP contribution in [0.5, 0.6) is 5.75 Å². The fraction of sp³-hybridized carbons (Fsp3) is 0.500. The van der Waals surface area contributed by atoms with Crippen LogP contribution in [0.15, 0.2) is 21.1 Å². The van der Waals surface area contributed by atoms with E-state index in [1.165, 1.54) is 4.90 Å². The maximum absolute atomic E-state index is 11.5. The maximum Gasteiger partial charge on any atom is 0.259 e. The van der Waals surface area contributed by atoms with E-state index in [9.17, 15) is 4.79 Å². The van der Waals surface area contributed by atoms with Crippen LogP contribution in [0, 0.1) is 0 Å². The van der Waals surface area contributed by atoms with Crippen molar-refractivity contribution in [1.82, 2.24) is 4.90 Å². The molecular formula is C14H20Br2N2O2. The van der Waals surface area contributed by atoms with Crippen LogP contribution in [0.2, 0.25) is 0 Å². The van der Waals surface area contributed by atoms with Gasteiger partial charge < -0.3 is 15.4 Å². The third-order valence-electron chi connectivity index (χ3n) is 2.92. The zero-order chi connectivity index (χ0) is 15.3. The molecule has 1 aromatic rings. The van der Waals surface area contributed by atoms with Gasteiger partial charge in [-0.3, -0.25) is 4.79 Å². The van der Waals surface area contributed by atoms with Crippen LogP contribution in [0.1, 0.15) is 18.9 Å². The van der Waals surface area contributed by atoms with Gasteiger partial charge in [-0.1, -0.05) is 6.92 Å². The Morgan fingerprint density at radius 3 is 2.35 bits per heavy atom. The van der Waals surface area contributed by atoms with Crippen molar-refractivity contribution in [2.75, 3.05) is 20.7 Å². The van der Waals surface area contributed by atoms with E-state index in [1.54, 1.807) is 14.1 Å². The number of rotatable bonds is 6. The SMILES string of the molecule is CCC(N)Cc1cc(Br)c(OCC(=O)N(C)C)c(Br)c1. The summed E-state index contributed by atoms with van der Waals surface area (Å²) in [6.07, 6.45) is 1.75. The van der Waals surface area contributed by atoms with E-state index in [1.807, 2.05) is 12.1 Å². The summed E-state index contributed by atoms with van der Waals surface area (Å²) in [5.74, 6) is 0.551. The van der Waals surface area contributed by atoms with Gasteiger partial charge in [0.15, 0.2) is 6.61 Å². The Morgan fingerprint density at radius 1 is 1.35 bits per heavy atom. The fourth-order valence-electron chi connectivity index (χ4n) is 1.58. The molecule has 0 aliphatic carbocycles. The van der Waals surface area contributed by atoms with Gasteiger partial charge in [-0.25, -0.2) is 0 Å². The Bertz CT molecular complexity index is 455. The average Bonchev–Trinajstić information content (AvgIpc) is 2.37. The number of nitrogens with zero attached hydrogens (tertiary/aromatic N) is 1. The lowest BCUT2D eigenvalue weighted by atomic mass is 10.0. The van der Waals surface area contributed by atoms with Crippen LogP contribution in [-0.2, 0) is 11.2 Å². The topological polar surface area (TPSA) is 55.6 Å². The van der Waals surface area contributed by atoms with Crippen molar-refractivity contribution in [3.8, 4) is 5.75 Å². The molecule has 0 bridgehead atoms. The summed E-state index contributed by atoms with van der Waals surface area (Å²) in [5.41, 5.74) is 7.09. The molecule has 0 radical (unpaired) electrons. The van der Waals surface area contributed by atoms with Crippen molar-refractivity contribution >= 4 is 37.8 Å². The van der Waals surface area contributed by atoms with Crippen molar-refractivity contribution in [2.45, 2.75) is 25.8 Å². The molecule has 1 amide bonds. The second-order valence-corrected chi connectivity index (χ2v) is 6.55. The Labute approximate surface area is 136 Å². The summed E-state index contributed by atoms with van der Waals surface area (Å²) in [7, 11) is 3.40. The highest BCUT2D eigenvalue weighted by atomic mass is 79.9. The predicted molar refractivity (Wildman–Crippen MR) is 88.0 cm³/mol. The first-order valence-corrected chi connectivity index (χ1v) is 8.00. The van der Waals surface area contributed by atoms with E-state index >= 15 is 0 Å². The molecule has 0 spiro atoms. The smallest absolute Gasteiger partial charge is 0.259 e. The Kier molecular flexibility index (Phi) is 6.99.